The van der Waals surface area contributed by atoms with Gasteiger partial charge in [-0.1, -0.05) is 0 Å². The zero-order chi connectivity index (χ0) is 15.5. The molecule has 3 heterocycles. The molecule has 2 aromatic rings. The minimum absolute atomic E-state index is 0.00667. The predicted octanol–water partition coefficient (Wildman–Crippen LogP) is 0.413. The monoisotopic (exact) mass is 299 g/mol. The number of carbonyl (C=O) groups is 2. The molecule has 7 heteroatoms. The first-order chi connectivity index (χ1) is 10.6. The predicted molar refractivity (Wildman–Crippen MR) is 79.3 cm³/mol. The van der Waals surface area contributed by atoms with E-state index in [-0.39, 0.29) is 11.8 Å². The van der Waals surface area contributed by atoms with Gasteiger partial charge in [-0.15, -0.1) is 0 Å². The Morgan fingerprint density at radius 3 is 2.27 bits per heavy atom. The number of amides is 2. The molecule has 1 saturated heterocycles. The molecular weight excluding hydrogens is 282 g/mol. The number of carbonyl (C=O) groups excluding carboxylic acids is 2. The molecule has 1 aliphatic heterocycles. The topological polar surface area (TPSA) is 71.3 Å². The lowest BCUT2D eigenvalue weighted by Crippen LogP contribution is -2.50. The molecule has 0 unspecified atom stereocenters. The molecule has 0 bridgehead atoms. The van der Waals surface area contributed by atoms with Crippen LogP contribution in [0.15, 0.2) is 37.1 Å². The summed E-state index contributed by atoms with van der Waals surface area (Å²) in [5, 5.41) is 0. The van der Waals surface area contributed by atoms with Gasteiger partial charge >= 0.3 is 0 Å². The van der Waals surface area contributed by atoms with Crippen LogP contribution in [0.2, 0.25) is 0 Å². The molecule has 2 aromatic heterocycles. The van der Waals surface area contributed by atoms with E-state index in [9.17, 15) is 9.59 Å². The molecule has 2 amide bonds. The van der Waals surface area contributed by atoms with Gasteiger partial charge in [0, 0.05) is 58.0 Å². The molecular formula is C15H17N5O2. The zero-order valence-corrected chi connectivity index (χ0v) is 12.3. The zero-order valence-electron chi connectivity index (χ0n) is 12.3. The lowest BCUT2D eigenvalue weighted by molar-refractivity contribution is 0.0532. The fraction of sp³-hybridized carbons (Fsp3) is 0.333. The van der Waals surface area contributed by atoms with Crippen molar-refractivity contribution < 1.29 is 9.59 Å². The molecule has 1 fully saturated rings. The van der Waals surface area contributed by atoms with Crippen LogP contribution in [0.1, 0.15) is 20.8 Å². The largest absolute Gasteiger partial charge is 0.356 e. The van der Waals surface area contributed by atoms with Crippen molar-refractivity contribution in [3.05, 3.63) is 48.3 Å². The van der Waals surface area contributed by atoms with E-state index in [4.69, 9.17) is 0 Å². The van der Waals surface area contributed by atoms with Gasteiger partial charge in [0.2, 0.25) is 0 Å². The Hall–Kier alpha value is -2.70. The lowest BCUT2D eigenvalue weighted by Gasteiger charge is -2.34. The molecule has 0 spiro atoms. The van der Waals surface area contributed by atoms with Crippen molar-refractivity contribution in [2.24, 2.45) is 7.05 Å². The van der Waals surface area contributed by atoms with Crippen molar-refractivity contribution in [1.29, 1.82) is 0 Å². The fourth-order valence-electron chi connectivity index (χ4n) is 2.50. The molecule has 3 rings (SSSR count). The van der Waals surface area contributed by atoms with Crippen molar-refractivity contribution in [2.75, 3.05) is 26.2 Å². The highest BCUT2D eigenvalue weighted by atomic mass is 16.2. The molecule has 7 nitrogen and oxygen atoms in total. The quantitative estimate of drug-likeness (QED) is 0.805. The maximum absolute atomic E-state index is 12.3. The summed E-state index contributed by atoms with van der Waals surface area (Å²) in [5.74, 6) is -0.132. The summed E-state index contributed by atoms with van der Waals surface area (Å²) in [6, 6.07) is 1.80. The number of hydrogen-bond acceptors (Lipinski definition) is 4. The van der Waals surface area contributed by atoms with E-state index in [1.54, 1.807) is 22.1 Å². The Labute approximate surface area is 128 Å². The van der Waals surface area contributed by atoms with E-state index in [1.165, 1.54) is 18.6 Å². The van der Waals surface area contributed by atoms with E-state index in [2.05, 4.69) is 9.97 Å². The molecule has 0 atom stereocenters. The van der Waals surface area contributed by atoms with Crippen LogP contribution >= 0.6 is 0 Å². The Morgan fingerprint density at radius 2 is 1.73 bits per heavy atom. The molecule has 1 aliphatic rings. The van der Waals surface area contributed by atoms with Gasteiger partial charge in [-0.3, -0.25) is 14.6 Å². The molecule has 0 radical (unpaired) electrons. The van der Waals surface area contributed by atoms with Crippen molar-refractivity contribution in [3.63, 3.8) is 0 Å². The summed E-state index contributed by atoms with van der Waals surface area (Å²) in [6.45, 7) is 2.07. The minimum atomic E-state index is -0.139. The highest BCUT2D eigenvalue weighted by Crippen LogP contribution is 2.11. The van der Waals surface area contributed by atoms with Crippen LogP contribution in [0, 0.1) is 0 Å². The summed E-state index contributed by atoms with van der Waals surface area (Å²) >= 11 is 0. The van der Waals surface area contributed by atoms with E-state index in [1.807, 2.05) is 17.8 Å². The van der Waals surface area contributed by atoms with Gasteiger partial charge in [0.25, 0.3) is 11.8 Å². The number of aryl methyl sites for hydroxylation is 1. The summed E-state index contributed by atoms with van der Waals surface area (Å²) in [7, 11) is 1.88. The second kappa shape index (κ2) is 5.97. The van der Waals surface area contributed by atoms with Crippen LogP contribution in [-0.2, 0) is 7.05 Å². The van der Waals surface area contributed by atoms with Gasteiger partial charge in [-0.25, -0.2) is 4.98 Å². The maximum atomic E-state index is 12.3. The van der Waals surface area contributed by atoms with E-state index in [0.29, 0.717) is 37.4 Å². The third-order valence-electron chi connectivity index (χ3n) is 3.72. The fourth-order valence-corrected chi connectivity index (χ4v) is 2.50. The van der Waals surface area contributed by atoms with Crippen molar-refractivity contribution >= 4 is 11.8 Å². The Morgan fingerprint density at radius 1 is 1.05 bits per heavy atom. The first-order valence-corrected chi connectivity index (χ1v) is 7.11. The van der Waals surface area contributed by atoms with Crippen LogP contribution in [0.5, 0.6) is 0 Å². The van der Waals surface area contributed by atoms with Crippen LogP contribution in [0.3, 0.4) is 0 Å². The summed E-state index contributed by atoms with van der Waals surface area (Å²) in [6.07, 6.45) is 8.15. The second-order valence-corrected chi connectivity index (χ2v) is 5.24. The average Bonchev–Trinajstić information content (AvgIpc) is 3.01. The lowest BCUT2D eigenvalue weighted by atomic mass is 10.2. The standard InChI is InChI=1S/C15H17N5O2/c1-18-5-2-12(11-18)14(21)19-6-8-20(9-7-19)15(22)13-10-16-3-4-17-13/h2-5,10-11H,6-9H2,1H3. The van der Waals surface area contributed by atoms with Crippen LogP contribution in [-0.4, -0.2) is 62.3 Å². The second-order valence-electron chi connectivity index (χ2n) is 5.24. The normalized spacial score (nSPS) is 15.0. The molecule has 0 aliphatic carbocycles. The van der Waals surface area contributed by atoms with Gasteiger partial charge < -0.3 is 14.4 Å². The van der Waals surface area contributed by atoms with Crippen molar-refractivity contribution in [2.45, 2.75) is 0 Å². The number of nitrogens with zero attached hydrogens (tertiary/aromatic N) is 5. The number of rotatable bonds is 2. The Kier molecular flexibility index (Phi) is 3.86. The van der Waals surface area contributed by atoms with Gasteiger partial charge in [0.05, 0.1) is 11.8 Å². The Bertz CT molecular complexity index is 674. The summed E-state index contributed by atoms with van der Waals surface area (Å²) in [4.78, 5) is 36.0. The molecule has 0 N–H and O–H groups in total. The number of hydrogen-bond donors (Lipinski definition) is 0. The maximum Gasteiger partial charge on any atom is 0.274 e. The van der Waals surface area contributed by atoms with E-state index in [0.717, 1.165) is 0 Å². The van der Waals surface area contributed by atoms with E-state index < -0.39 is 0 Å². The van der Waals surface area contributed by atoms with Crippen LogP contribution < -0.4 is 0 Å². The van der Waals surface area contributed by atoms with Gasteiger partial charge in [-0.2, -0.15) is 0 Å². The smallest absolute Gasteiger partial charge is 0.274 e. The number of aromatic nitrogens is 3. The molecule has 22 heavy (non-hydrogen) atoms. The molecule has 0 saturated carbocycles. The van der Waals surface area contributed by atoms with Crippen molar-refractivity contribution in [3.8, 4) is 0 Å². The third kappa shape index (κ3) is 2.83. The van der Waals surface area contributed by atoms with Crippen LogP contribution in [0.4, 0.5) is 0 Å². The van der Waals surface area contributed by atoms with Gasteiger partial charge in [-0.05, 0) is 6.07 Å². The van der Waals surface area contributed by atoms with Gasteiger partial charge in [0.15, 0.2) is 0 Å². The minimum Gasteiger partial charge on any atom is -0.356 e. The molecule has 0 aromatic carbocycles. The van der Waals surface area contributed by atoms with Gasteiger partial charge in [0.1, 0.15) is 5.69 Å². The summed E-state index contributed by atoms with van der Waals surface area (Å²) < 4.78 is 1.85. The highest BCUT2D eigenvalue weighted by Gasteiger charge is 2.26. The molecule has 114 valence electrons. The average molecular weight is 299 g/mol. The van der Waals surface area contributed by atoms with Crippen molar-refractivity contribution in [1.82, 2.24) is 24.3 Å². The SMILES string of the molecule is Cn1ccc(C(=O)N2CCN(C(=O)c3cnccn3)CC2)c1. The van der Waals surface area contributed by atoms with E-state index >= 15 is 0 Å². The number of piperazine rings is 1. The van der Waals surface area contributed by atoms with Crippen LogP contribution in [0.25, 0.3) is 0 Å². The first kappa shape index (κ1) is 14.2. The highest BCUT2D eigenvalue weighted by molar-refractivity contribution is 5.95. The third-order valence-corrected chi connectivity index (χ3v) is 3.72. The Balaban J connectivity index is 1.61. The first-order valence-electron chi connectivity index (χ1n) is 7.11. The summed E-state index contributed by atoms with van der Waals surface area (Å²) in [5.41, 5.74) is 1.02.